The summed E-state index contributed by atoms with van der Waals surface area (Å²) in [5.41, 5.74) is 0.101. The van der Waals surface area contributed by atoms with Gasteiger partial charge in [-0.05, 0) is 11.6 Å². The Balaban J connectivity index is 1.93. The Kier molecular flexibility index (Phi) is 6.36. The quantitative estimate of drug-likeness (QED) is 0.768. The molecule has 1 aliphatic heterocycles. The van der Waals surface area contributed by atoms with E-state index in [-0.39, 0.29) is 18.1 Å². The van der Waals surface area contributed by atoms with Crippen molar-refractivity contribution in [1.82, 2.24) is 5.32 Å². The molecule has 2 N–H and O–H groups in total. The van der Waals surface area contributed by atoms with E-state index >= 15 is 0 Å². The van der Waals surface area contributed by atoms with E-state index in [1.54, 1.807) is 0 Å². The first-order valence-corrected chi connectivity index (χ1v) is 7.45. The first-order chi connectivity index (χ1) is 11.3. The Morgan fingerprint density at radius 3 is 2.67 bits per heavy atom. The molecule has 0 amide bonds. The van der Waals surface area contributed by atoms with E-state index < -0.39 is 42.7 Å². The first kappa shape index (κ1) is 18.9. The normalized spacial score (nSPS) is 20.0. The molecule has 0 saturated carbocycles. The maximum absolute atomic E-state index is 14.0. The van der Waals surface area contributed by atoms with Crippen molar-refractivity contribution in [3.8, 4) is 5.75 Å². The van der Waals surface area contributed by atoms with Gasteiger partial charge in [0.1, 0.15) is 5.82 Å². The maximum atomic E-state index is 14.0. The third kappa shape index (κ3) is 5.29. The molecule has 9 heteroatoms. The predicted molar refractivity (Wildman–Crippen MR) is 74.8 cm³/mol. The van der Waals surface area contributed by atoms with Crippen LogP contribution in [0.4, 0.5) is 22.0 Å². The smallest absolute Gasteiger partial charge is 0.414 e. The van der Waals surface area contributed by atoms with Crippen LogP contribution in [-0.2, 0) is 11.2 Å². The van der Waals surface area contributed by atoms with Crippen molar-refractivity contribution in [2.45, 2.75) is 31.2 Å². The van der Waals surface area contributed by atoms with E-state index in [2.05, 4.69) is 5.32 Å². The number of nitrogens with one attached hydrogen (secondary N) is 1. The Hall–Kier alpha value is -1.45. The molecule has 4 nitrogen and oxygen atoms in total. The van der Waals surface area contributed by atoms with Crippen LogP contribution < -0.4 is 10.1 Å². The molecule has 0 aliphatic carbocycles. The number of ether oxygens (including phenoxy) is 2. The highest BCUT2D eigenvalue weighted by atomic mass is 19.4. The molecular formula is C15H18F5NO3. The Labute approximate surface area is 135 Å². The van der Waals surface area contributed by atoms with Crippen LogP contribution in [0.25, 0.3) is 0 Å². The second-order valence-corrected chi connectivity index (χ2v) is 5.47. The van der Waals surface area contributed by atoms with Gasteiger partial charge in [0, 0.05) is 32.0 Å². The van der Waals surface area contributed by atoms with Gasteiger partial charge in [0.25, 0.3) is 0 Å². The monoisotopic (exact) mass is 355 g/mol. The van der Waals surface area contributed by atoms with Gasteiger partial charge < -0.3 is 19.9 Å². The lowest BCUT2D eigenvalue weighted by Crippen LogP contribution is -2.39. The largest absolute Gasteiger partial charge is 0.490 e. The van der Waals surface area contributed by atoms with E-state index in [0.717, 1.165) is 12.1 Å². The zero-order valence-corrected chi connectivity index (χ0v) is 12.7. The fourth-order valence-electron chi connectivity index (χ4n) is 2.28. The van der Waals surface area contributed by atoms with Crippen LogP contribution in [0.2, 0.25) is 0 Å². The molecule has 1 unspecified atom stereocenters. The van der Waals surface area contributed by atoms with Gasteiger partial charge >= 0.3 is 6.18 Å². The van der Waals surface area contributed by atoms with Gasteiger partial charge in [-0.3, -0.25) is 0 Å². The number of rotatable bonds is 6. The van der Waals surface area contributed by atoms with E-state index in [1.807, 2.05) is 0 Å². The standard InChI is InChI=1S/C15H18F5NO3/c16-11-7-13(24-3-1-14(22)15(18,19)20)12(17)6-9(11)5-10-8-21-2-4-23-10/h6-7,10,14,21-22H,1-5,8H2/t10?,14-/m1/s1. The van der Waals surface area contributed by atoms with E-state index in [0.29, 0.717) is 19.7 Å². The predicted octanol–water partition coefficient (Wildman–Crippen LogP) is 2.19. The Morgan fingerprint density at radius 2 is 2.04 bits per heavy atom. The van der Waals surface area contributed by atoms with Crippen LogP contribution in [0.1, 0.15) is 12.0 Å². The summed E-state index contributed by atoms with van der Waals surface area (Å²) in [5.74, 6) is -2.10. The van der Waals surface area contributed by atoms with Gasteiger partial charge in [-0.15, -0.1) is 0 Å². The summed E-state index contributed by atoms with van der Waals surface area (Å²) < 4.78 is 74.6. The van der Waals surface area contributed by atoms with E-state index in [4.69, 9.17) is 14.6 Å². The number of morpholine rings is 1. The third-order valence-electron chi connectivity index (χ3n) is 3.58. The SMILES string of the molecule is O[C@H](CCOc1cc(F)c(CC2CNCCO2)cc1F)C(F)(F)F. The highest BCUT2D eigenvalue weighted by Gasteiger charge is 2.37. The number of aliphatic hydroxyl groups is 1. The molecule has 136 valence electrons. The Bertz CT molecular complexity index is 547. The summed E-state index contributed by atoms with van der Waals surface area (Å²) in [5, 5.41) is 11.9. The van der Waals surface area contributed by atoms with Crippen molar-refractivity contribution >= 4 is 0 Å². The summed E-state index contributed by atoms with van der Waals surface area (Å²) >= 11 is 0. The van der Waals surface area contributed by atoms with Crippen molar-refractivity contribution in [2.24, 2.45) is 0 Å². The Morgan fingerprint density at radius 1 is 1.29 bits per heavy atom. The molecule has 0 aromatic heterocycles. The molecular weight excluding hydrogens is 337 g/mol. The minimum atomic E-state index is -4.77. The van der Waals surface area contributed by atoms with Gasteiger partial charge in [-0.2, -0.15) is 13.2 Å². The molecule has 2 rings (SSSR count). The van der Waals surface area contributed by atoms with Gasteiger partial charge in [-0.25, -0.2) is 8.78 Å². The van der Waals surface area contributed by atoms with Crippen molar-refractivity contribution in [2.75, 3.05) is 26.3 Å². The van der Waals surface area contributed by atoms with Gasteiger partial charge in [0.2, 0.25) is 0 Å². The van der Waals surface area contributed by atoms with Crippen LogP contribution in [0.15, 0.2) is 12.1 Å². The minimum Gasteiger partial charge on any atom is -0.490 e. The highest BCUT2D eigenvalue weighted by molar-refractivity contribution is 5.31. The molecule has 0 radical (unpaired) electrons. The topological polar surface area (TPSA) is 50.7 Å². The van der Waals surface area contributed by atoms with Crippen LogP contribution in [-0.4, -0.2) is 49.8 Å². The number of hydrogen-bond donors (Lipinski definition) is 2. The number of halogens is 5. The van der Waals surface area contributed by atoms with Gasteiger partial charge in [0.05, 0.1) is 19.3 Å². The van der Waals surface area contributed by atoms with Gasteiger partial charge in [-0.1, -0.05) is 0 Å². The number of hydrogen-bond acceptors (Lipinski definition) is 4. The number of aliphatic hydroxyl groups excluding tert-OH is 1. The van der Waals surface area contributed by atoms with Crippen LogP contribution in [0, 0.1) is 11.6 Å². The molecule has 1 aliphatic rings. The molecule has 1 saturated heterocycles. The van der Waals surface area contributed by atoms with Crippen molar-refractivity contribution in [1.29, 1.82) is 0 Å². The average Bonchev–Trinajstić information content (AvgIpc) is 2.52. The molecule has 1 fully saturated rings. The minimum absolute atomic E-state index is 0.101. The lowest BCUT2D eigenvalue weighted by molar-refractivity contribution is -0.206. The molecule has 24 heavy (non-hydrogen) atoms. The van der Waals surface area contributed by atoms with Crippen LogP contribution >= 0.6 is 0 Å². The van der Waals surface area contributed by atoms with Gasteiger partial charge in [0.15, 0.2) is 17.7 Å². The molecule has 0 spiro atoms. The molecule has 1 aromatic rings. The molecule has 1 heterocycles. The van der Waals surface area contributed by atoms with E-state index in [9.17, 15) is 22.0 Å². The fraction of sp³-hybridized carbons (Fsp3) is 0.600. The van der Waals surface area contributed by atoms with Crippen molar-refractivity contribution < 1.29 is 36.5 Å². The summed E-state index contributed by atoms with van der Waals surface area (Å²) in [6.45, 7) is 1.11. The molecule has 2 atom stereocenters. The summed E-state index contributed by atoms with van der Waals surface area (Å²) in [4.78, 5) is 0. The zero-order valence-electron chi connectivity index (χ0n) is 12.7. The highest BCUT2D eigenvalue weighted by Crippen LogP contribution is 2.25. The second-order valence-electron chi connectivity index (χ2n) is 5.47. The summed E-state index contributed by atoms with van der Waals surface area (Å²) in [7, 11) is 0. The molecule has 0 bridgehead atoms. The first-order valence-electron chi connectivity index (χ1n) is 7.45. The third-order valence-corrected chi connectivity index (χ3v) is 3.58. The zero-order chi connectivity index (χ0) is 17.7. The van der Waals surface area contributed by atoms with Crippen LogP contribution in [0.5, 0.6) is 5.75 Å². The average molecular weight is 355 g/mol. The summed E-state index contributed by atoms with van der Waals surface area (Å²) in [6, 6.07) is 1.74. The maximum Gasteiger partial charge on any atom is 0.414 e. The molecule has 1 aromatic carbocycles. The fourth-order valence-corrected chi connectivity index (χ4v) is 2.28. The second kappa shape index (κ2) is 8.09. The lowest BCUT2D eigenvalue weighted by Gasteiger charge is -2.24. The van der Waals surface area contributed by atoms with Crippen molar-refractivity contribution in [3.63, 3.8) is 0 Å². The van der Waals surface area contributed by atoms with Crippen LogP contribution in [0.3, 0.4) is 0 Å². The summed E-state index contributed by atoms with van der Waals surface area (Å²) in [6.07, 6.45) is -8.22. The van der Waals surface area contributed by atoms with E-state index in [1.165, 1.54) is 0 Å². The lowest BCUT2D eigenvalue weighted by atomic mass is 10.1. The number of alkyl halides is 3. The van der Waals surface area contributed by atoms with Crippen molar-refractivity contribution in [3.05, 3.63) is 29.3 Å². The number of benzene rings is 1.